The lowest BCUT2D eigenvalue weighted by Gasteiger charge is -2.14. The van der Waals surface area contributed by atoms with Gasteiger partial charge in [0.15, 0.2) is 0 Å². The largest absolute Gasteiger partial charge is 0.383 e. The van der Waals surface area contributed by atoms with Crippen LogP contribution >= 0.6 is 0 Å². The van der Waals surface area contributed by atoms with E-state index in [1.165, 1.54) is 30.6 Å². The van der Waals surface area contributed by atoms with Crippen molar-refractivity contribution in [3.8, 4) is 0 Å². The van der Waals surface area contributed by atoms with Gasteiger partial charge in [0.05, 0.1) is 0 Å². The second-order valence-electron chi connectivity index (χ2n) is 4.24. The number of anilines is 1. The van der Waals surface area contributed by atoms with Crippen LogP contribution in [0, 0.1) is 13.8 Å². The summed E-state index contributed by atoms with van der Waals surface area (Å²) in [5.41, 5.74) is 3.59. The molecule has 0 aromatic carbocycles. The molecule has 1 unspecified atom stereocenters. The van der Waals surface area contributed by atoms with Crippen molar-refractivity contribution in [2.45, 2.75) is 32.7 Å². The van der Waals surface area contributed by atoms with Gasteiger partial charge in [-0.1, -0.05) is 0 Å². The highest BCUT2D eigenvalue weighted by Gasteiger charge is 2.13. The van der Waals surface area contributed by atoms with Crippen molar-refractivity contribution < 1.29 is 0 Å². The van der Waals surface area contributed by atoms with E-state index in [9.17, 15) is 0 Å². The van der Waals surface area contributed by atoms with Crippen molar-refractivity contribution in [2.75, 3.05) is 18.4 Å². The fourth-order valence-corrected chi connectivity index (χ4v) is 2.00. The summed E-state index contributed by atoms with van der Waals surface area (Å²) in [6, 6.07) is 2.69. The van der Waals surface area contributed by atoms with Gasteiger partial charge in [-0.3, -0.25) is 4.98 Å². The Kier molecular flexibility index (Phi) is 3.21. The first-order valence-corrected chi connectivity index (χ1v) is 5.67. The van der Waals surface area contributed by atoms with Crippen molar-refractivity contribution >= 4 is 5.69 Å². The molecule has 1 atom stereocenters. The van der Waals surface area contributed by atoms with Crippen LogP contribution in [0.2, 0.25) is 0 Å². The normalized spacial score (nSPS) is 20.5. The maximum absolute atomic E-state index is 4.26. The molecular formula is C12H19N3. The molecule has 0 radical (unpaired) electrons. The Hall–Kier alpha value is -1.09. The van der Waals surface area contributed by atoms with Crippen LogP contribution in [0.4, 0.5) is 5.69 Å². The first kappa shape index (κ1) is 10.4. The highest BCUT2D eigenvalue weighted by Crippen LogP contribution is 2.16. The van der Waals surface area contributed by atoms with E-state index >= 15 is 0 Å². The molecule has 15 heavy (non-hydrogen) atoms. The summed E-state index contributed by atoms with van der Waals surface area (Å²) in [6.07, 6.45) is 4.46. The number of hydrogen-bond donors (Lipinski definition) is 2. The first-order valence-electron chi connectivity index (χ1n) is 5.67. The molecule has 2 rings (SSSR count). The van der Waals surface area contributed by atoms with Crippen LogP contribution in [0.3, 0.4) is 0 Å². The van der Waals surface area contributed by atoms with E-state index < -0.39 is 0 Å². The van der Waals surface area contributed by atoms with Crippen molar-refractivity contribution in [3.05, 3.63) is 23.5 Å². The van der Waals surface area contributed by atoms with Crippen LogP contribution in [-0.2, 0) is 0 Å². The molecule has 0 bridgehead atoms. The second kappa shape index (κ2) is 4.62. The zero-order chi connectivity index (χ0) is 10.7. The van der Waals surface area contributed by atoms with Crippen LogP contribution in [-0.4, -0.2) is 24.1 Å². The Morgan fingerprint density at radius 2 is 2.40 bits per heavy atom. The van der Waals surface area contributed by atoms with E-state index in [0.717, 1.165) is 12.2 Å². The third-order valence-electron chi connectivity index (χ3n) is 3.16. The first-order chi connectivity index (χ1) is 7.27. The van der Waals surface area contributed by atoms with Crippen molar-refractivity contribution in [1.29, 1.82) is 0 Å². The van der Waals surface area contributed by atoms with Gasteiger partial charge in [0.1, 0.15) is 0 Å². The Morgan fingerprint density at radius 3 is 3.13 bits per heavy atom. The third kappa shape index (κ3) is 2.48. The molecule has 3 heteroatoms. The highest BCUT2D eigenvalue weighted by molar-refractivity contribution is 5.51. The van der Waals surface area contributed by atoms with Gasteiger partial charge < -0.3 is 10.6 Å². The van der Waals surface area contributed by atoms with Crippen LogP contribution < -0.4 is 10.6 Å². The zero-order valence-corrected chi connectivity index (χ0v) is 9.51. The molecule has 2 heterocycles. The standard InChI is InChI=1S/C12H19N3/c1-9-10(2)13-7-5-12(9)15-8-11-4-3-6-14-11/h5,7,11,14H,3-4,6,8H2,1-2H3,(H,13,15). The lowest BCUT2D eigenvalue weighted by atomic mass is 10.1. The van der Waals surface area contributed by atoms with Gasteiger partial charge in [-0.2, -0.15) is 0 Å². The number of nitrogens with zero attached hydrogens (tertiary/aromatic N) is 1. The van der Waals surface area contributed by atoms with Crippen molar-refractivity contribution in [1.82, 2.24) is 10.3 Å². The van der Waals surface area contributed by atoms with Gasteiger partial charge in [-0.15, -0.1) is 0 Å². The summed E-state index contributed by atoms with van der Waals surface area (Å²) >= 11 is 0. The average molecular weight is 205 g/mol. The minimum absolute atomic E-state index is 0.637. The fourth-order valence-electron chi connectivity index (χ4n) is 2.00. The molecule has 1 aliphatic rings. The van der Waals surface area contributed by atoms with Gasteiger partial charge in [-0.05, 0) is 44.9 Å². The molecule has 1 saturated heterocycles. The Morgan fingerprint density at radius 1 is 1.53 bits per heavy atom. The smallest absolute Gasteiger partial charge is 0.0422 e. The number of nitrogens with one attached hydrogen (secondary N) is 2. The third-order valence-corrected chi connectivity index (χ3v) is 3.16. The number of aromatic nitrogens is 1. The predicted octanol–water partition coefficient (Wildman–Crippen LogP) is 1.86. The molecule has 0 saturated carbocycles. The van der Waals surface area contributed by atoms with E-state index in [2.05, 4.69) is 28.6 Å². The van der Waals surface area contributed by atoms with E-state index in [1.807, 2.05) is 13.1 Å². The quantitative estimate of drug-likeness (QED) is 0.791. The average Bonchev–Trinajstić information content (AvgIpc) is 2.73. The SMILES string of the molecule is Cc1nccc(NCC2CCCN2)c1C. The molecular weight excluding hydrogens is 186 g/mol. The molecule has 82 valence electrons. The summed E-state index contributed by atoms with van der Waals surface area (Å²) in [7, 11) is 0. The van der Waals surface area contributed by atoms with Gasteiger partial charge in [0, 0.05) is 30.2 Å². The number of pyridine rings is 1. The molecule has 3 nitrogen and oxygen atoms in total. The minimum atomic E-state index is 0.637. The van der Waals surface area contributed by atoms with Crippen LogP contribution in [0.1, 0.15) is 24.1 Å². The summed E-state index contributed by atoms with van der Waals surface area (Å²) in [4.78, 5) is 4.26. The summed E-state index contributed by atoms with van der Waals surface area (Å²) in [5, 5.41) is 6.98. The van der Waals surface area contributed by atoms with E-state index in [1.54, 1.807) is 0 Å². The lowest BCUT2D eigenvalue weighted by Crippen LogP contribution is -2.29. The minimum Gasteiger partial charge on any atom is -0.383 e. The van der Waals surface area contributed by atoms with Crippen LogP contribution in [0.25, 0.3) is 0 Å². The molecule has 1 aromatic rings. The topological polar surface area (TPSA) is 37.0 Å². The summed E-state index contributed by atoms with van der Waals surface area (Å²) < 4.78 is 0. The number of rotatable bonds is 3. The summed E-state index contributed by atoms with van der Waals surface area (Å²) in [5.74, 6) is 0. The molecule has 1 fully saturated rings. The molecule has 2 N–H and O–H groups in total. The Bertz CT molecular complexity index is 330. The Labute approximate surface area is 91.3 Å². The monoisotopic (exact) mass is 205 g/mol. The van der Waals surface area contributed by atoms with Crippen molar-refractivity contribution in [2.24, 2.45) is 0 Å². The zero-order valence-electron chi connectivity index (χ0n) is 9.51. The second-order valence-corrected chi connectivity index (χ2v) is 4.24. The van der Waals surface area contributed by atoms with Gasteiger partial charge in [0.2, 0.25) is 0 Å². The Balaban J connectivity index is 1.95. The number of aryl methyl sites for hydroxylation is 1. The maximum Gasteiger partial charge on any atom is 0.0422 e. The van der Waals surface area contributed by atoms with E-state index in [-0.39, 0.29) is 0 Å². The maximum atomic E-state index is 4.26. The molecule has 1 aromatic heterocycles. The molecule has 1 aliphatic heterocycles. The number of hydrogen-bond acceptors (Lipinski definition) is 3. The van der Waals surface area contributed by atoms with E-state index in [4.69, 9.17) is 0 Å². The van der Waals surface area contributed by atoms with Crippen LogP contribution in [0.5, 0.6) is 0 Å². The predicted molar refractivity (Wildman–Crippen MR) is 63.2 cm³/mol. The highest BCUT2D eigenvalue weighted by atomic mass is 15.0. The molecule has 0 aliphatic carbocycles. The van der Waals surface area contributed by atoms with Gasteiger partial charge in [0.25, 0.3) is 0 Å². The van der Waals surface area contributed by atoms with Gasteiger partial charge >= 0.3 is 0 Å². The lowest BCUT2D eigenvalue weighted by molar-refractivity contribution is 0.633. The molecule has 0 spiro atoms. The van der Waals surface area contributed by atoms with Crippen molar-refractivity contribution in [3.63, 3.8) is 0 Å². The van der Waals surface area contributed by atoms with Gasteiger partial charge in [-0.25, -0.2) is 0 Å². The fraction of sp³-hybridized carbons (Fsp3) is 0.583. The van der Waals surface area contributed by atoms with Crippen LogP contribution in [0.15, 0.2) is 12.3 Å². The molecule has 0 amide bonds. The van der Waals surface area contributed by atoms with E-state index in [0.29, 0.717) is 6.04 Å². The summed E-state index contributed by atoms with van der Waals surface area (Å²) in [6.45, 7) is 6.35.